The summed E-state index contributed by atoms with van der Waals surface area (Å²) in [7, 11) is 0. The number of carbonyl (C=O) groups is 1. The Labute approximate surface area is 175 Å². The number of anilines is 1. The van der Waals surface area contributed by atoms with Gasteiger partial charge in [0.25, 0.3) is 0 Å². The highest BCUT2D eigenvalue weighted by molar-refractivity contribution is 8.00. The summed E-state index contributed by atoms with van der Waals surface area (Å²) in [6, 6.07) is 14.0. The first-order valence-electron chi connectivity index (χ1n) is 9.54. The molecule has 0 bridgehead atoms. The summed E-state index contributed by atoms with van der Waals surface area (Å²) in [6.07, 6.45) is 3.37. The molecule has 2 aromatic carbocycles. The van der Waals surface area contributed by atoms with Crippen LogP contribution in [0.4, 0.5) is 10.1 Å². The fourth-order valence-corrected chi connectivity index (χ4v) is 4.40. The highest BCUT2D eigenvalue weighted by atomic mass is 32.2. The van der Waals surface area contributed by atoms with E-state index in [0.29, 0.717) is 21.9 Å². The van der Waals surface area contributed by atoms with Crippen molar-refractivity contribution in [2.45, 2.75) is 17.9 Å². The maximum atomic E-state index is 13.2. The summed E-state index contributed by atoms with van der Waals surface area (Å²) >= 11 is 1.32. The van der Waals surface area contributed by atoms with E-state index in [4.69, 9.17) is 0 Å². The summed E-state index contributed by atoms with van der Waals surface area (Å²) in [5, 5.41) is 8.92. The first-order valence-corrected chi connectivity index (χ1v) is 10.5. The summed E-state index contributed by atoms with van der Waals surface area (Å²) < 4.78 is 14.7. The molecule has 0 atom stereocenters. The van der Waals surface area contributed by atoms with Crippen LogP contribution >= 0.6 is 11.8 Å². The fourth-order valence-electron chi connectivity index (χ4n) is 3.59. The van der Waals surface area contributed by atoms with E-state index < -0.39 is 0 Å². The first kappa shape index (κ1) is 18.7. The number of carbonyl (C=O) groups excluding carboxylic acids is 1. The molecule has 150 valence electrons. The van der Waals surface area contributed by atoms with Crippen LogP contribution in [0, 0.1) is 5.82 Å². The predicted molar refractivity (Wildman–Crippen MR) is 112 cm³/mol. The van der Waals surface area contributed by atoms with E-state index in [2.05, 4.69) is 26.3 Å². The third kappa shape index (κ3) is 3.41. The molecule has 1 aliphatic heterocycles. The van der Waals surface area contributed by atoms with E-state index in [1.54, 1.807) is 12.1 Å². The van der Waals surface area contributed by atoms with E-state index in [1.807, 2.05) is 23.1 Å². The molecule has 4 aromatic rings. The van der Waals surface area contributed by atoms with Crippen LogP contribution < -0.4 is 4.90 Å². The average molecular weight is 420 g/mol. The number of aryl methyl sites for hydroxylation is 1. The van der Waals surface area contributed by atoms with Crippen LogP contribution in [-0.4, -0.2) is 43.2 Å². The second-order valence-corrected chi connectivity index (χ2v) is 7.86. The van der Waals surface area contributed by atoms with Gasteiger partial charge in [-0.2, -0.15) is 4.68 Å². The van der Waals surface area contributed by atoms with Crippen molar-refractivity contribution in [2.24, 2.45) is 0 Å². The summed E-state index contributed by atoms with van der Waals surface area (Å²) in [5.74, 6) is -0.0548. The number of aromatic nitrogens is 5. The molecule has 0 radical (unpaired) electrons. The Bertz CT molecular complexity index is 1230. The van der Waals surface area contributed by atoms with Crippen molar-refractivity contribution in [3.05, 3.63) is 66.2 Å². The third-order valence-corrected chi connectivity index (χ3v) is 5.98. The smallest absolute Gasteiger partial charge is 0.237 e. The number of rotatable bonds is 4. The Morgan fingerprint density at radius 1 is 1.10 bits per heavy atom. The Morgan fingerprint density at radius 3 is 2.80 bits per heavy atom. The van der Waals surface area contributed by atoms with Crippen molar-refractivity contribution in [3.8, 4) is 5.69 Å². The molecule has 0 spiro atoms. The molecule has 0 aliphatic carbocycles. The Balaban J connectivity index is 1.38. The number of fused-ring (bicyclic) bond motifs is 2. The average Bonchev–Trinajstić information content (AvgIpc) is 3.22. The van der Waals surface area contributed by atoms with E-state index in [1.165, 1.54) is 40.5 Å². The number of hydrogen-bond donors (Lipinski definition) is 0. The molecule has 7 nitrogen and oxygen atoms in total. The number of halogens is 1. The van der Waals surface area contributed by atoms with Gasteiger partial charge in [-0.25, -0.2) is 14.4 Å². The maximum absolute atomic E-state index is 13.2. The molecule has 9 heteroatoms. The SMILES string of the molecule is O=C(CSc1ncnc2c1nnn2-c1ccc(F)cc1)N1CCCc2ccccc21. The van der Waals surface area contributed by atoms with E-state index >= 15 is 0 Å². The van der Waals surface area contributed by atoms with Crippen molar-refractivity contribution < 1.29 is 9.18 Å². The normalized spacial score (nSPS) is 13.4. The zero-order valence-electron chi connectivity index (χ0n) is 15.9. The van der Waals surface area contributed by atoms with Crippen LogP contribution in [0.15, 0.2) is 59.9 Å². The molecular weight excluding hydrogens is 403 g/mol. The molecular formula is C21H17FN6OS. The monoisotopic (exact) mass is 420 g/mol. The molecule has 1 amide bonds. The zero-order chi connectivity index (χ0) is 20.5. The molecule has 0 saturated carbocycles. The van der Waals surface area contributed by atoms with Crippen LogP contribution in [0.25, 0.3) is 16.9 Å². The van der Waals surface area contributed by atoms with Gasteiger partial charge in [0, 0.05) is 12.2 Å². The number of amides is 1. The molecule has 5 rings (SSSR count). The van der Waals surface area contributed by atoms with Gasteiger partial charge >= 0.3 is 0 Å². The molecule has 0 N–H and O–H groups in total. The minimum atomic E-state index is -0.327. The quantitative estimate of drug-likeness (QED) is 0.372. The molecule has 0 unspecified atom stereocenters. The Morgan fingerprint density at radius 2 is 1.93 bits per heavy atom. The zero-order valence-corrected chi connectivity index (χ0v) is 16.7. The van der Waals surface area contributed by atoms with Gasteiger partial charge < -0.3 is 4.90 Å². The number of thioether (sulfide) groups is 1. The van der Waals surface area contributed by atoms with E-state index in [0.717, 1.165) is 25.1 Å². The maximum Gasteiger partial charge on any atom is 0.237 e. The highest BCUT2D eigenvalue weighted by Crippen LogP contribution is 2.29. The van der Waals surface area contributed by atoms with Gasteiger partial charge in [0.15, 0.2) is 11.2 Å². The minimum Gasteiger partial charge on any atom is -0.311 e. The van der Waals surface area contributed by atoms with E-state index in [9.17, 15) is 9.18 Å². The Hall–Kier alpha value is -3.33. The largest absolute Gasteiger partial charge is 0.311 e. The van der Waals surface area contributed by atoms with Crippen molar-refractivity contribution in [3.63, 3.8) is 0 Å². The topological polar surface area (TPSA) is 76.8 Å². The van der Waals surface area contributed by atoms with Gasteiger partial charge in [-0.1, -0.05) is 35.2 Å². The van der Waals surface area contributed by atoms with E-state index in [-0.39, 0.29) is 17.5 Å². The van der Waals surface area contributed by atoms with Crippen LogP contribution in [0.5, 0.6) is 0 Å². The molecule has 0 fully saturated rings. The molecule has 30 heavy (non-hydrogen) atoms. The molecule has 2 aromatic heterocycles. The van der Waals surface area contributed by atoms with Gasteiger partial charge in [0.1, 0.15) is 17.2 Å². The van der Waals surface area contributed by atoms with Crippen LogP contribution in [-0.2, 0) is 11.2 Å². The lowest BCUT2D eigenvalue weighted by Crippen LogP contribution is -2.36. The summed E-state index contributed by atoms with van der Waals surface area (Å²) in [4.78, 5) is 23.3. The van der Waals surface area contributed by atoms with Crippen molar-refractivity contribution in [1.29, 1.82) is 0 Å². The lowest BCUT2D eigenvalue weighted by Gasteiger charge is -2.29. The Kier molecular flexibility index (Phi) is 4.88. The van der Waals surface area contributed by atoms with Gasteiger partial charge in [-0.05, 0) is 48.7 Å². The molecule has 0 saturated heterocycles. The van der Waals surface area contributed by atoms with Crippen LogP contribution in [0.3, 0.4) is 0 Å². The molecule has 3 heterocycles. The summed E-state index contributed by atoms with van der Waals surface area (Å²) in [5.41, 5.74) is 3.86. The second-order valence-electron chi connectivity index (χ2n) is 6.90. The second kappa shape index (κ2) is 7.83. The van der Waals surface area contributed by atoms with Gasteiger partial charge in [-0.3, -0.25) is 4.79 Å². The van der Waals surface area contributed by atoms with Gasteiger partial charge in [0.05, 0.1) is 11.4 Å². The van der Waals surface area contributed by atoms with Crippen molar-refractivity contribution in [1.82, 2.24) is 25.0 Å². The van der Waals surface area contributed by atoms with Crippen LogP contribution in [0.1, 0.15) is 12.0 Å². The number of hydrogen-bond acceptors (Lipinski definition) is 6. The standard InChI is InChI=1S/C21H17FN6OS/c22-15-7-9-16(10-8-15)28-20-19(25-26-28)21(24-13-23-20)30-12-18(29)27-11-3-5-14-4-1-2-6-17(14)27/h1-2,4,6-10,13H,3,5,11-12H2. The number of nitrogens with zero attached hydrogens (tertiary/aromatic N) is 6. The minimum absolute atomic E-state index is 0.0323. The lowest BCUT2D eigenvalue weighted by molar-refractivity contribution is -0.116. The van der Waals surface area contributed by atoms with Crippen LogP contribution in [0.2, 0.25) is 0 Å². The number of benzene rings is 2. The molecule has 1 aliphatic rings. The fraction of sp³-hybridized carbons (Fsp3) is 0.190. The third-order valence-electron chi connectivity index (χ3n) is 5.02. The van der Waals surface area contributed by atoms with Gasteiger partial charge in [-0.15, -0.1) is 5.10 Å². The highest BCUT2D eigenvalue weighted by Gasteiger charge is 2.23. The first-order chi connectivity index (χ1) is 14.7. The van der Waals surface area contributed by atoms with Gasteiger partial charge in [0.2, 0.25) is 5.91 Å². The van der Waals surface area contributed by atoms with Crippen molar-refractivity contribution in [2.75, 3.05) is 17.2 Å². The predicted octanol–water partition coefficient (Wildman–Crippen LogP) is 3.42. The lowest BCUT2D eigenvalue weighted by atomic mass is 10.0. The summed E-state index contributed by atoms with van der Waals surface area (Å²) in [6.45, 7) is 0.719. The van der Waals surface area contributed by atoms with Crippen molar-refractivity contribution >= 4 is 34.5 Å². The number of para-hydroxylation sites is 1.